The molecule has 1 heterocycles. The number of carbonyl (C=O) groups excluding carboxylic acids is 1. The molecule has 19 heavy (non-hydrogen) atoms. The highest BCUT2D eigenvalue weighted by Gasteiger charge is 2.14. The van der Waals surface area contributed by atoms with Crippen molar-refractivity contribution in [2.24, 2.45) is 5.92 Å². The molecule has 1 atom stereocenters. The number of nitrogens with one attached hydrogen (secondary N) is 1. The molecule has 102 valence electrons. The third-order valence-electron chi connectivity index (χ3n) is 2.86. The van der Waals surface area contributed by atoms with Crippen LogP contribution in [0.25, 0.3) is 11.0 Å². The zero-order chi connectivity index (χ0) is 13.8. The second-order valence-corrected chi connectivity index (χ2v) is 6.38. The molecule has 0 aliphatic rings. The fraction of sp³-hybridized carbons (Fsp3) is 0.400. The van der Waals surface area contributed by atoms with E-state index in [9.17, 15) is 4.79 Å². The Morgan fingerprint density at radius 1 is 1.37 bits per heavy atom. The van der Waals surface area contributed by atoms with Crippen LogP contribution in [0, 0.1) is 5.92 Å². The van der Waals surface area contributed by atoms with Crippen LogP contribution >= 0.6 is 15.9 Å². The number of alkyl halides is 1. The molecule has 0 saturated carbocycles. The van der Waals surface area contributed by atoms with Crippen LogP contribution in [0.2, 0.25) is 0 Å². The molecule has 1 unspecified atom stereocenters. The van der Waals surface area contributed by atoms with E-state index in [-0.39, 0.29) is 5.91 Å². The quantitative estimate of drug-likeness (QED) is 0.846. The summed E-state index contributed by atoms with van der Waals surface area (Å²) in [4.78, 5) is 12.3. The van der Waals surface area contributed by atoms with Crippen molar-refractivity contribution >= 4 is 32.8 Å². The van der Waals surface area contributed by atoms with Gasteiger partial charge in [0, 0.05) is 16.8 Å². The molecule has 4 heteroatoms. The number of halogens is 1. The predicted octanol–water partition coefficient (Wildman–Crippen LogP) is 3.97. The first-order valence-corrected chi connectivity index (χ1v) is 7.38. The van der Waals surface area contributed by atoms with Gasteiger partial charge in [-0.25, -0.2) is 0 Å². The normalized spacial score (nSPS) is 12.8. The summed E-state index contributed by atoms with van der Waals surface area (Å²) in [6, 6.07) is 9.39. The van der Waals surface area contributed by atoms with Crippen molar-refractivity contribution in [3.8, 4) is 0 Å². The van der Waals surface area contributed by atoms with Crippen LogP contribution in [0.4, 0.5) is 0 Å². The molecule has 3 nitrogen and oxygen atoms in total. The van der Waals surface area contributed by atoms with Gasteiger partial charge in [-0.3, -0.25) is 4.79 Å². The van der Waals surface area contributed by atoms with Crippen LogP contribution < -0.4 is 5.32 Å². The molecule has 2 rings (SSSR count). The van der Waals surface area contributed by atoms with Crippen molar-refractivity contribution in [2.45, 2.75) is 25.1 Å². The van der Waals surface area contributed by atoms with Gasteiger partial charge >= 0.3 is 0 Å². The maximum absolute atomic E-state index is 12.0. The number of carbonyl (C=O) groups is 1. The Morgan fingerprint density at radius 3 is 2.79 bits per heavy atom. The van der Waals surface area contributed by atoms with Crippen molar-refractivity contribution in [2.75, 3.05) is 6.54 Å². The molecule has 0 spiro atoms. The van der Waals surface area contributed by atoms with Crippen molar-refractivity contribution in [1.29, 1.82) is 0 Å². The molecule has 1 amide bonds. The minimum absolute atomic E-state index is 0.163. The smallest absolute Gasteiger partial charge is 0.287 e. The number of hydrogen-bond donors (Lipinski definition) is 1. The van der Waals surface area contributed by atoms with Gasteiger partial charge in [0.1, 0.15) is 5.58 Å². The molecule has 0 fully saturated rings. The number of furan rings is 1. The lowest BCUT2D eigenvalue weighted by atomic mass is 10.1. The van der Waals surface area contributed by atoms with Crippen molar-refractivity contribution in [1.82, 2.24) is 5.32 Å². The Hall–Kier alpha value is -1.29. The highest BCUT2D eigenvalue weighted by atomic mass is 79.9. The first-order chi connectivity index (χ1) is 9.06. The number of benzene rings is 1. The summed E-state index contributed by atoms with van der Waals surface area (Å²) in [7, 11) is 0. The molecular formula is C15H18BrNO2. The highest BCUT2D eigenvalue weighted by Crippen LogP contribution is 2.19. The van der Waals surface area contributed by atoms with Crippen molar-refractivity contribution < 1.29 is 9.21 Å². The predicted molar refractivity (Wildman–Crippen MR) is 80.7 cm³/mol. The first kappa shape index (κ1) is 14.1. The van der Waals surface area contributed by atoms with Gasteiger partial charge < -0.3 is 9.73 Å². The lowest BCUT2D eigenvalue weighted by Crippen LogP contribution is -2.29. The zero-order valence-corrected chi connectivity index (χ0v) is 12.7. The van der Waals surface area contributed by atoms with Gasteiger partial charge in [-0.05, 0) is 24.5 Å². The Labute approximate surface area is 121 Å². The average Bonchev–Trinajstić information content (AvgIpc) is 2.78. The van der Waals surface area contributed by atoms with E-state index in [1.807, 2.05) is 24.3 Å². The monoisotopic (exact) mass is 323 g/mol. The molecule has 0 saturated heterocycles. The van der Waals surface area contributed by atoms with E-state index < -0.39 is 0 Å². The fourth-order valence-electron chi connectivity index (χ4n) is 1.98. The second kappa shape index (κ2) is 6.24. The third-order valence-corrected chi connectivity index (χ3v) is 3.56. The Bertz CT molecular complexity index is 529. The topological polar surface area (TPSA) is 42.2 Å². The van der Waals surface area contributed by atoms with Crippen LogP contribution in [0.1, 0.15) is 30.8 Å². The molecule has 1 aromatic heterocycles. The van der Waals surface area contributed by atoms with E-state index >= 15 is 0 Å². The largest absolute Gasteiger partial charge is 0.451 e. The number of hydrogen-bond acceptors (Lipinski definition) is 2. The Morgan fingerprint density at radius 2 is 2.11 bits per heavy atom. The van der Waals surface area contributed by atoms with Crippen molar-refractivity contribution in [3.05, 3.63) is 36.1 Å². The summed E-state index contributed by atoms with van der Waals surface area (Å²) in [6.45, 7) is 4.93. The Kier molecular flexibility index (Phi) is 4.64. The van der Waals surface area contributed by atoms with E-state index in [0.717, 1.165) is 17.4 Å². The van der Waals surface area contributed by atoms with Crippen LogP contribution in [0.5, 0.6) is 0 Å². The highest BCUT2D eigenvalue weighted by molar-refractivity contribution is 9.09. The van der Waals surface area contributed by atoms with Crippen molar-refractivity contribution in [3.63, 3.8) is 0 Å². The summed E-state index contributed by atoms with van der Waals surface area (Å²) in [6.07, 6.45) is 1.03. The summed E-state index contributed by atoms with van der Waals surface area (Å²) in [5, 5.41) is 3.83. The first-order valence-electron chi connectivity index (χ1n) is 6.47. The number of para-hydroxylation sites is 1. The fourth-order valence-corrected chi connectivity index (χ4v) is 2.89. The maximum atomic E-state index is 12.0. The minimum Gasteiger partial charge on any atom is -0.451 e. The van der Waals surface area contributed by atoms with E-state index in [1.54, 1.807) is 6.07 Å². The number of rotatable bonds is 5. The summed E-state index contributed by atoms with van der Waals surface area (Å²) in [5.41, 5.74) is 0.741. The molecule has 0 aliphatic heterocycles. The molecular weight excluding hydrogens is 306 g/mol. The summed E-state index contributed by atoms with van der Waals surface area (Å²) < 4.78 is 5.52. The van der Waals surface area contributed by atoms with Gasteiger partial charge in [0.2, 0.25) is 0 Å². The third kappa shape index (κ3) is 3.83. The molecule has 2 aromatic rings. The molecule has 1 aromatic carbocycles. The van der Waals surface area contributed by atoms with Gasteiger partial charge in [-0.2, -0.15) is 0 Å². The van der Waals surface area contributed by atoms with E-state index in [4.69, 9.17) is 4.42 Å². The molecule has 0 bridgehead atoms. The van der Waals surface area contributed by atoms with Gasteiger partial charge in [-0.15, -0.1) is 0 Å². The van der Waals surface area contributed by atoms with Gasteiger partial charge in [0.05, 0.1) is 0 Å². The van der Waals surface area contributed by atoms with Crippen LogP contribution in [0.15, 0.2) is 34.7 Å². The van der Waals surface area contributed by atoms with E-state index in [2.05, 4.69) is 35.1 Å². The molecule has 0 aliphatic carbocycles. The summed E-state index contributed by atoms with van der Waals surface area (Å²) in [5.74, 6) is 0.808. The number of amides is 1. The number of fused-ring (bicyclic) bond motifs is 1. The van der Waals surface area contributed by atoms with Crippen LogP contribution in [0.3, 0.4) is 0 Å². The lowest BCUT2D eigenvalue weighted by molar-refractivity contribution is 0.0928. The van der Waals surface area contributed by atoms with E-state index in [1.165, 1.54) is 0 Å². The molecule has 0 radical (unpaired) electrons. The summed E-state index contributed by atoms with van der Waals surface area (Å²) >= 11 is 3.57. The minimum atomic E-state index is -0.163. The lowest BCUT2D eigenvalue weighted by Gasteiger charge is -2.12. The SMILES string of the molecule is CC(C)CC(Br)CNC(=O)c1cc2ccccc2o1. The zero-order valence-electron chi connectivity index (χ0n) is 11.2. The van der Waals surface area contributed by atoms with Gasteiger partial charge in [-0.1, -0.05) is 48.0 Å². The molecule has 1 N–H and O–H groups in total. The second-order valence-electron chi connectivity index (χ2n) is 5.09. The van der Waals surface area contributed by atoms with Gasteiger partial charge in [0.15, 0.2) is 5.76 Å². The van der Waals surface area contributed by atoms with Crippen LogP contribution in [-0.2, 0) is 0 Å². The maximum Gasteiger partial charge on any atom is 0.287 e. The average molecular weight is 324 g/mol. The Balaban J connectivity index is 1.96. The van der Waals surface area contributed by atoms with Gasteiger partial charge in [0.25, 0.3) is 5.91 Å². The van der Waals surface area contributed by atoms with E-state index in [0.29, 0.717) is 23.1 Å². The van der Waals surface area contributed by atoms with Crippen LogP contribution in [-0.4, -0.2) is 17.3 Å². The standard InChI is InChI=1S/C15H18BrNO2/c1-10(2)7-12(16)9-17-15(18)14-8-11-5-3-4-6-13(11)19-14/h3-6,8,10,12H,7,9H2,1-2H3,(H,17,18).